The van der Waals surface area contributed by atoms with Crippen molar-refractivity contribution in [3.8, 4) is 67.5 Å². The lowest BCUT2D eigenvalue weighted by atomic mass is 9.82. The van der Waals surface area contributed by atoms with Crippen LogP contribution in [0.1, 0.15) is 63.8 Å². The smallest absolute Gasteiger partial charge is 0.128 e. The predicted molar refractivity (Wildman–Crippen MR) is 249 cm³/mol. The van der Waals surface area contributed by atoms with E-state index >= 15 is 0 Å². The predicted octanol–water partition coefficient (Wildman–Crippen LogP) is 13.9. The van der Waals surface area contributed by atoms with Crippen LogP contribution in [0.3, 0.4) is 0 Å². The van der Waals surface area contributed by atoms with Crippen molar-refractivity contribution in [2.45, 2.75) is 52.4 Å². The van der Waals surface area contributed by atoms with Crippen LogP contribution in [0.25, 0.3) is 44.5 Å². The number of hydrogen-bond acceptors (Lipinski definition) is 6. The molecule has 0 radical (unpaired) electrons. The lowest BCUT2D eigenvalue weighted by molar-refractivity contribution is 0.416. The number of aliphatic imine (C=N–C) groups is 2. The molecule has 0 aliphatic rings. The van der Waals surface area contributed by atoms with Crippen LogP contribution in [0.15, 0.2) is 156 Å². The molecule has 0 aliphatic heterocycles. The largest absolute Gasteiger partial charge is 0.507 e. The second-order valence-corrected chi connectivity index (χ2v) is 17.0. The Morgan fingerprint density at radius 1 is 0.417 bits per heavy atom. The fourth-order valence-electron chi connectivity index (χ4n) is 7.48. The van der Waals surface area contributed by atoms with Crippen molar-refractivity contribution >= 4 is 23.8 Å². The first-order valence-corrected chi connectivity index (χ1v) is 20.2. The van der Waals surface area contributed by atoms with E-state index in [1.54, 1.807) is 26.6 Å². The van der Waals surface area contributed by atoms with Crippen LogP contribution < -0.4 is 9.47 Å². The van der Waals surface area contributed by atoms with Gasteiger partial charge in [0.15, 0.2) is 0 Å². The van der Waals surface area contributed by atoms with Crippen molar-refractivity contribution in [3.63, 3.8) is 0 Å². The Balaban J connectivity index is 1.26. The van der Waals surface area contributed by atoms with Gasteiger partial charge in [-0.25, -0.2) is 0 Å². The molecular weight excluding hydrogens is 741 g/mol. The number of nitrogens with zero attached hydrogens (tertiary/aromatic N) is 2. The van der Waals surface area contributed by atoms with Crippen LogP contribution in [0.5, 0.6) is 23.0 Å². The molecule has 0 atom stereocenters. The molecule has 0 saturated carbocycles. The van der Waals surface area contributed by atoms with E-state index in [9.17, 15) is 10.2 Å². The molecule has 6 nitrogen and oxygen atoms in total. The third-order valence-electron chi connectivity index (χ3n) is 10.7. The van der Waals surface area contributed by atoms with Gasteiger partial charge < -0.3 is 19.7 Å². The Labute approximate surface area is 354 Å². The van der Waals surface area contributed by atoms with Gasteiger partial charge in [-0.15, -0.1) is 0 Å². The summed E-state index contributed by atoms with van der Waals surface area (Å²) in [5, 5.41) is 23.3. The summed E-state index contributed by atoms with van der Waals surface area (Å²) < 4.78 is 11.3. The minimum Gasteiger partial charge on any atom is -0.507 e. The molecule has 0 bridgehead atoms. The second-order valence-electron chi connectivity index (χ2n) is 17.0. The van der Waals surface area contributed by atoms with E-state index in [2.05, 4.69) is 77.9 Å². The van der Waals surface area contributed by atoms with Gasteiger partial charge in [0.25, 0.3) is 0 Å². The van der Waals surface area contributed by atoms with Crippen molar-refractivity contribution in [3.05, 3.63) is 168 Å². The van der Waals surface area contributed by atoms with E-state index in [4.69, 9.17) is 19.5 Å². The highest BCUT2D eigenvalue weighted by Gasteiger charge is 2.24. The van der Waals surface area contributed by atoms with Gasteiger partial charge in [0.1, 0.15) is 23.0 Å². The molecule has 0 unspecified atom stereocenters. The van der Waals surface area contributed by atoms with Crippen molar-refractivity contribution < 1.29 is 19.7 Å². The molecule has 0 aromatic heterocycles. The van der Waals surface area contributed by atoms with Gasteiger partial charge >= 0.3 is 0 Å². The van der Waals surface area contributed by atoms with Gasteiger partial charge in [0.05, 0.1) is 25.6 Å². The Morgan fingerprint density at radius 2 is 0.750 bits per heavy atom. The summed E-state index contributed by atoms with van der Waals surface area (Å²) in [6.07, 6.45) is 3.50. The summed E-state index contributed by atoms with van der Waals surface area (Å²) in [5.74, 6) is 1.95. The lowest BCUT2D eigenvalue weighted by Gasteiger charge is -2.23. The number of para-hydroxylation sites is 4. The zero-order valence-corrected chi connectivity index (χ0v) is 35.6. The molecule has 7 aromatic carbocycles. The van der Waals surface area contributed by atoms with Crippen LogP contribution in [-0.4, -0.2) is 36.9 Å². The van der Waals surface area contributed by atoms with Gasteiger partial charge in [-0.05, 0) is 81.6 Å². The van der Waals surface area contributed by atoms with Crippen LogP contribution in [0, 0.1) is 0 Å². The third-order valence-corrected chi connectivity index (χ3v) is 10.7. The summed E-state index contributed by atoms with van der Waals surface area (Å²) in [6, 6.07) is 48.2. The van der Waals surface area contributed by atoms with E-state index in [0.29, 0.717) is 11.1 Å². The summed E-state index contributed by atoms with van der Waals surface area (Å²) in [6.45, 7) is 12.6. The van der Waals surface area contributed by atoms with Gasteiger partial charge in [-0.2, -0.15) is 0 Å². The van der Waals surface area contributed by atoms with Crippen LogP contribution in [-0.2, 0) is 10.8 Å². The first-order valence-electron chi connectivity index (χ1n) is 20.2. The summed E-state index contributed by atoms with van der Waals surface area (Å²) >= 11 is 0. The van der Waals surface area contributed by atoms with Crippen LogP contribution in [0.2, 0.25) is 0 Å². The Kier molecular flexibility index (Phi) is 11.8. The zero-order chi connectivity index (χ0) is 42.6. The van der Waals surface area contributed by atoms with E-state index in [-0.39, 0.29) is 22.3 Å². The molecule has 0 spiro atoms. The molecule has 0 amide bonds. The number of phenols is 2. The number of benzene rings is 7. The number of rotatable bonds is 10. The molecule has 0 fully saturated rings. The molecular formula is C54H52N2O4. The molecule has 7 rings (SSSR count). The highest BCUT2D eigenvalue weighted by molar-refractivity contribution is 5.93. The topological polar surface area (TPSA) is 83.6 Å². The summed E-state index contributed by atoms with van der Waals surface area (Å²) in [5.41, 5.74) is 11.4. The zero-order valence-electron chi connectivity index (χ0n) is 35.6. The molecule has 60 heavy (non-hydrogen) atoms. The van der Waals surface area contributed by atoms with E-state index in [1.165, 1.54) is 0 Å². The standard InChI is InChI=1S/C54H52N2O4/c1-53(2,3)45-31-37(29-39(51(45)57)33-55-47-21-13-9-17-41(47)43-19-11-15-23-49(43)59-7)35-25-27-36(28-26-35)38-30-40(52(58)46(32-38)54(4,5)6)34-56-48-22-14-10-18-42(48)44-20-12-16-24-50(44)60-8/h9-34,57-58H,1-8H3. The molecule has 2 N–H and O–H groups in total. The van der Waals surface area contributed by atoms with Crippen molar-refractivity contribution in [2.75, 3.05) is 14.2 Å². The number of phenolic OH excluding ortho intramolecular Hbond substituents is 2. The molecule has 7 aromatic rings. The van der Waals surface area contributed by atoms with E-state index in [0.717, 1.165) is 78.5 Å². The second kappa shape index (κ2) is 17.1. The van der Waals surface area contributed by atoms with Crippen molar-refractivity contribution in [1.29, 1.82) is 0 Å². The molecule has 0 heterocycles. The van der Waals surface area contributed by atoms with Gasteiger partial charge in [-0.3, -0.25) is 9.98 Å². The third kappa shape index (κ3) is 8.74. The fraction of sp³-hybridized carbons (Fsp3) is 0.185. The highest BCUT2D eigenvalue weighted by Crippen LogP contribution is 2.42. The molecule has 0 saturated heterocycles. The lowest BCUT2D eigenvalue weighted by Crippen LogP contribution is -2.12. The van der Waals surface area contributed by atoms with Crippen molar-refractivity contribution in [2.24, 2.45) is 9.98 Å². The first kappa shape index (κ1) is 41.2. The summed E-state index contributed by atoms with van der Waals surface area (Å²) in [7, 11) is 3.34. The average molecular weight is 793 g/mol. The number of methoxy groups -OCH3 is 2. The average Bonchev–Trinajstić information content (AvgIpc) is 3.25. The van der Waals surface area contributed by atoms with Crippen molar-refractivity contribution in [1.82, 2.24) is 0 Å². The maximum absolute atomic E-state index is 11.6. The Morgan fingerprint density at radius 3 is 1.10 bits per heavy atom. The minimum atomic E-state index is -0.334. The molecule has 0 aliphatic carbocycles. The fourth-order valence-corrected chi connectivity index (χ4v) is 7.48. The number of hydrogen-bond donors (Lipinski definition) is 2. The van der Waals surface area contributed by atoms with E-state index < -0.39 is 0 Å². The van der Waals surface area contributed by atoms with Crippen LogP contribution in [0.4, 0.5) is 11.4 Å². The minimum absolute atomic E-state index is 0.208. The maximum Gasteiger partial charge on any atom is 0.128 e. The first-order chi connectivity index (χ1) is 28.8. The Bertz CT molecular complexity index is 2530. The summed E-state index contributed by atoms with van der Waals surface area (Å²) in [4.78, 5) is 9.86. The van der Waals surface area contributed by atoms with Gasteiger partial charge in [0, 0.05) is 56.9 Å². The monoisotopic (exact) mass is 792 g/mol. The molecule has 6 heteroatoms. The van der Waals surface area contributed by atoms with Crippen LogP contribution >= 0.6 is 0 Å². The Hall–Kier alpha value is -6.92. The SMILES string of the molecule is COc1ccccc1-c1ccccc1N=Cc1cc(-c2ccc(-c3cc(C=Nc4ccccc4-c4ccccc4OC)c(O)c(C(C)(C)C)c3)cc2)cc(C(C)(C)C)c1O. The van der Waals surface area contributed by atoms with E-state index in [1.807, 2.05) is 109 Å². The maximum atomic E-state index is 11.6. The highest BCUT2D eigenvalue weighted by atomic mass is 16.5. The number of aromatic hydroxyl groups is 2. The molecule has 302 valence electrons. The quantitative estimate of drug-likeness (QED) is 0.135. The van der Waals surface area contributed by atoms with Gasteiger partial charge in [-0.1, -0.05) is 139 Å². The van der Waals surface area contributed by atoms with Gasteiger partial charge in [0.2, 0.25) is 0 Å². The number of ether oxygens (including phenoxy) is 2. The normalized spacial score (nSPS) is 12.0.